The van der Waals surface area contributed by atoms with Crippen molar-refractivity contribution in [3.05, 3.63) is 130 Å². The highest BCUT2D eigenvalue weighted by Gasteiger charge is 2.34. The number of benzene rings is 4. The van der Waals surface area contributed by atoms with E-state index in [1.807, 2.05) is 0 Å². The predicted molar refractivity (Wildman–Crippen MR) is 250 cm³/mol. The van der Waals surface area contributed by atoms with Gasteiger partial charge in [-0.1, -0.05) is 112 Å². The second-order valence-corrected chi connectivity index (χ2v) is 16.6. The summed E-state index contributed by atoms with van der Waals surface area (Å²) in [5, 5.41) is 14.7. The Morgan fingerprint density at radius 3 is 1.10 bits per heavy atom. The van der Waals surface area contributed by atoms with E-state index in [9.17, 15) is 47.9 Å². The van der Waals surface area contributed by atoms with Crippen molar-refractivity contribution in [2.24, 2.45) is 11.8 Å². The first-order valence-corrected chi connectivity index (χ1v) is 21.6. The van der Waals surface area contributed by atoms with Gasteiger partial charge in [0, 0.05) is 12.8 Å². The van der Waals surface area contributed by atoms with Crippen LogP contribution in [0.25, 0.3) is 0 Å². The van der Waals surface area contributed by atoms with Crippen molar-refractivity contribution in [3.63, 3.8) is 0 Å². The van der Waals surface area contributed by atoms with Gasteiger partial charge in [-0.2, -0.15) is 0 Å². The van der Waals surface area contributed by atoms with Gasteiger partial charge in [-0.3, -0.25) is 38.4 Å². The first-order valence-electron chi connectivity index (χ1n) is 21.6. The zero-order chi connectivity index (χ0) is 50.2. The van der Waals surface area contributed by atoms with Gasteiger partial charge in [-0.05, 0) is 61.1 Å². The minimum atomic E-state index is -1.33. The van der Waals surface area contributed by atoms with E-state index in [4.69, 9.17) is 9.47 Å². The van der Waals surface area contributed by atoms with Gasteiger partial charge in [0.2, 0.25) is 11.8 Å². The van der Waals surface area contributed by atoms with Gasteiger partial charge in [0.25, 0.3) is 23.4 Å². The largest absolute Gasteiger partial charge is 0.467 e. The number of anilines is 2. The van der Waals surface area contributed by atoms with Crippen molar-refractivity contribution in [1.82, 2.24) is 21.3 Å². The van der Waals surface area contributed by atoms with E-state index in [-0.39, 0.29) is 35.3 Å². The first-order chi connectivity index (χ1) is 32.2. The van der Waals surface area contributed by atoms with E-state index in [1.54, 1.807) is 102 Å². The van der Waals surface area contributed by atoms with E-state index in [2.05, 4.69) is 31.9 Å². The van der Waals surface area contributed by atoms with Crippen LogP contribution in [0.3, 0.4) is 0 Å². The van der Waals surface area contributed by atoms with Crippen LogP contribution in [0, 0.1) is 25.7 Å². The predicted octanol–water partition coefficient (Wildman–Crippen LogP) is 3.33. The van der Waals surface area contributed by atoms with Crippen molar-refractivity contribution in [3.8, 4) is 0 Å². The molecule has 0 aliphatic heterocycles. The van der Waals surface area contributed by atoms with Crippen LogP contribution >= 0.6 is 0 Å². The Bertz CT molecular complexity index is 2370. The van der Waals surface area contributed by atoms with Crippen molar-refractivity contribution in [2.75, 3.05) is 24.9 Å². The molecule has 0 unspecified atom stereocenters. The summed E-state index contributed by atoms with van der Waals surface area (Å²) in [5.41, 5.74) is 1.31. The summed E-state index contributed by atoms with van der Waals surface area (Å²) in [6.07, 6.45) is 0.174. The zero-order valence-corrected chi connectivity index (χ0v) is 39.0. The molecular weight excluding hydrogens is 877 g/mol. The molecule has 0 aliphatic carbocycles. The Morgan fingerprint density at radius 1 is 0.456 bits per heavy atom. The fourth-order valence-corrected chi connectivity index (χ4v) is 6.89. The molecule has 4 aromatic carbocycles. The molecule has 18 nitrogen and oxygen atoms in total. The van der Waals surface area contributed by atoms with Crippen LogP contribution in [-0.4, -0.2) is 97.3 Å². The third kappa shape index (κ3) is 14.5. The number of esters is 2. The maximum Gasteiger partial charge on any atom is 0.328 e. The number of aryl methyl sites for hydroxylation is 2. The van der Waals surface area contributed by atoms with Gasteiger partial charge < -0.3 is 41.4 Å². The maximum absolute atomic E-state index is 13.7. The molecule has 4 rings (SSSR count). The number of ether oxygens (including phenoxy) is 2. The Labute approximate surface area is 393 Å². The summed E-state index contributed by atoms with van der Waals surface area (Å²) in [5.74, 6) is -11.6. The van der Waals surface area contributed by atoms with Gasteiger partial charge >= 0.3 is 23.8 Å². The van der Waals surface area contributed by atoms with E-state index in [1.165, 1.54) is 50.6 Å². The third-order valence-corrected chi connectivity index (χ3v) is 10.6. The highest BCUT2D eigenvalue weighted by Crippen LogP contribution is 2.22. The lowest BCUT2D eigenvalue weighted by Gasteiger charge is -2.24. The topological polar surface area (TPSA) is 261 Å². The van der Waals surface area contributed by atoms with E-state index in [0.29, 0.717) is 11.1 Å². The van der Waals surface area contributed by atoms with Crippen molar-refractivity contribution in [2.45, 2.75) is 78.6 Å². The second kappa shape index (κ2) is 24.5. The summed E-state index contributed by atoms with van der Waals surface area (Å²) in [4.78, 5) is 134. The van der Waals surface area contributed by atoms with Gasteiger partial charge in [0.05, 0.1) is 36.7 Å². The summed E-state index contributed by atoms with van der Waals surface area (Å²) in [7, 11) is 2.34. The van der Waals surface area contributed by atoms with E-state index in [0.717, 1.165) is 11.1 Å². The standard InChI is InChI=1S/C50H56N6O12/c1-27(2)39(43(59)53-37(49(65)67-7)25-31-15-11-9-12-16-31)55-45(61)41(57)33-23-29(5)19-21-35(33)51-47(63)48(64)52-36-22-20-30(6)24-34(36)42(58)46(62)56-40(28(3)4)44(60)54-38(50(66)68-8)26-32-17-13-10-14-18-32/h9-24,27-28,37-40H,25-26H2,1-8H3,(H,51,63)(H,52,64)(H,53,59)(H,54,60)(H,55,61)(H,56,62)/t37-,38-,39-,40-/m0/s1. The van der Waals surface area contributed by atoms with Crippen molar-refractivity contribution >= 4 is 70.3 Å². The molecular formula is C50H56N6O12. The number of nitrogens with one attached hydrogen (secondary N) is 6. The van der Waals surface area contributed by atoms with Crippen LogP contribution in [0.15, 0.2) is 97.1 Å². The van der Waals surface area contributed by atoms with Gasteiger partial charge in [0.1, 0.15) is 24.2 Å². The molecule has 18 heteroatoms. The third-order valence-electron chi connectivity index (χ3n) is 10.6. The lowest BCUT2D eigenvalue weighted by Crippen LogP contribution is -2.55. The zero-order valence-electron chi connectivity index (χ0n) is 39.0. The number of Topliss-reactive ketones (excluding diaryl/α,β-unsaturated/α-hetero) is 2. The van der Waals surface area contributed by atoms with Gasteiger partial charge in [-0.15, -0.1) is 0 Å². The molecule has 0 bridgehead atoms. The molecule has 0 aliphatic rings. The number of hydrogen-bond acceptors (Lipinski definition) is 12. The van der Waals surface area contributed by atoms with Crippen LogP contribution in [-0.2, 0) is 60.7 Å². The Balaban J connectivity index is 1.47. The van der Waals surface area contributed by atoms with Gasteiger partial charge in [-0.25, -0.2) is 9.59 Å². The summed E-state index contributed by atoms with van der Waals surface area (Å²) in [6, 6.07) is 21.1. The van der Waals surface area contributed by atoms with Crippen LogP contribution < -0.4 is 31.9 Å². The molecule has 0 aromatic heterocycles. The van der Waals surface area contributed by atoms with Crippen LogP contribution in [0.1, 0.15) is 70.7 Å². The second-order valence-electron chi connectivity index (χ2n) is 16.6. The Hall–Kier alpha value is -8.02. The van der Waals surface area contributed by atoms with Crippen LogP contribution in [0.4, 0.5) is 11.4 Å². The van der Waals surface area contributed by atoms with Crippen molar-refractivity contribution in [1.29, 1.82) is 0 Å². The van der Waals surface area contributed by atoms with E-state index < -0.39 is 95.0 Å². The minimum Gasteiger partial charge on any atom is -0.467 e. The fraction of sp³-hybridized carbons (Fsp3) is 0.320. The Morgan fingerprint density at radius 2 is 0.794 bits per heavy atom. The number of ketones is 2. The number of rotatable bonds is 20. The highest BCUT2D eigenvalue weighted by molar-refractivity contribution is 6.48. The van der Waals surface area contributed by atoms with Gasteiger partial charge in [0.15, 0.2) is 0 Å². The molecule has 0 saturated heterocycles. The SMILES string of the molecule is COC(=O)[C@H](Cc1ccccc1)NC(=O)[C@@H](NC(=O)C(=O)c1cc(C)ccc1NC(=O)C(=O)Nc1ccc(C)cc1C(=O)C(=O)N[C@H](C(=O)N[C@@H](Cc1ccccc1)C(=O)OC)C(C)C)C(C)C. The van der Waals surface area contributed by atoms with Crippen LogP contribution in [0.2, 0.25) is 0 Å². The molecule has 0 heterocycles. The fourth-order valence-electron chi connectivity index (χ4n) is 6.89. The minimum absolute atomic E-state index is 0.0872. The molecule has 358 valence electrons. The Kier molecular flexibility index (Phi) is 18.9. The molecule has 0 spiro atoms. The normalized spacial score (nSPS) is 12.6. The number of hydrogen-bond donors (Lipinski definition) is 6. The monoisotopic (exact) mass is 932 g/mol. The summed E-state index contributed by atoms with van der Waals surface area (Å²) >= 11 is 0. The van der Waals surface area contributed by atoms with Crippen molar-refractivity contribution < 1.29 is 57.4 Å². The molecule has 4 aromatic rings. The highest BCUT2D eigenvalue weighted by atomic mass is 16.5. The molecule has 4 atom stereocenters. The molecule has 68 heavy (non-hydrogen) atoms. The molecule has 6 amide bonds. The summed E-state index contributed by atoms with van der Waals surface area (Å²) < 4.78 is 9.77. The quantitative estimate of drug-likeness (QED) is 0.0424. The first kappa shape index (κ1) is 52.6. The van der Waals surface area contributed by atoms with Crippen LogP contribution in [0.5, 0.6) is 0 Å². The lowest BCUT2D eigenvalue weighted by molar-refractivity contribution is -0.145. The average Bonchev–Trinajstić information content (AvgIpc) is 3.32. The number of carbonyl (C=O) groups is 10. The van der Waals surface area contributed by atoms with E-state index >= 15 is 0 Å². The maximum atomic E-state index is 13.7. The number of carbonyl (C=O) groups excluding carboxylic acids is 10. The smallest absolute Gasteiger partial charge is 0.328 e. The molecule has 0 fully saturated rings. The number of amides is 6. The number of methoxy groups -OCH3 is 2. The summed E-state index contributed by atoms with van der Waals surface area (Å²) in [6.45, 7) is 9.71. The average molecular weight is 933 g/mol. The molecule has 0 saturated carbocycles. The lowest BCUT2D eigenvalue weighted by atomic mass is 10.00. The molecule has 6 N–H and O–H groups in total. The molecule has 0 radical (unpaired) electrons.